The standard InChI is InChI=1S/C24H32N4O5S2/c1-20-4-8-22(9-5-20)34(29,30)25-24(18-26-14-16-33-17-15-26)27-12-3-13-28(19-27)35(31,32)23-10-6-21(2)7-11-23/h4-11H,3,12-19H2,1-2H3. The quantitative estimate of drug-likeness (QED) is 0.425. The van der Waals surface area contributed by atoms with E-state index >= 15 is 0 Å². The third-order valence-corrected chi connectivity index (χ3v) is 9.37. The highest BCUT2D eigenvalue weighted by atomic mass is 32.2. The molecule has 2 fully saturated rings. The SMILES string of the molecule is Cc1ccc(S(=O)(=O)N=C(CN2CCOCC2)N2CCCN(S(=O)(=O)c3ccc(C)cc3)C2)cc1. The largest absolute Gasteiger partial charge is 0.379 e. The predicted octanol–water partition coefficient (Wildman–Crippen LogP) is 2.08. The van der Waals surface area contributed by atoms with Crippen LogP contribution in [0.3, 0.4) is 0 Å². The number of amidine groups is 1. The molecule has 0 N–H and O–H groups in total. The molecule has 2 aromatic rings. The summed E-state index contributed by atoms with van der Waals surface area (Å²) < 4.78 is 64.0. The highest BCUT2D eigenvalue weighted by molar-refractivity contribution is 7.90. The molecule has 0 atom stereocenters. The molecule has 4 rings (SSSR count). The second kappa shape index (κ2) is 10.8. The molecule has 190 valence electrons. The van der Waals surface area contributed by atoms with Crippen molar-refractivity contribution in [3.63, 3.8) is 0 Å². The fourth-order valence-corrected chi connectivity index (χ4v) is 6.56. The maximum atomic E-state index is 13.3. The van der Waals surface area contributed by atoms with Gasteiger partial charge in [-0.05, 0) is 44.5 Å². The van der Waals surface area contributed by atoms with Gasteiger partial charge in [0.05, 0.1) is 36.2 Å². The summed E-state index contributed by atoms with van der Waals surface area (Å²) in [4.78, 5) is 4.20. The summed E-state index contributed by atoms with van der Waals surface area (Å²) in [6.07, 6.45) is 0.567. The monoisotopic (exact) mass is 520 g/mol. The molecule has 0 aromatic heterocycles. The Balaban J connectivity index is 1.63. The minimum atomic E-state index is -3.97. The first-order valence-electron chi connectivity index (χ1n) is 11.7. The van der Waals surface area contributed by atoms with Crippen molar-refractivity contribution in [3.8, 4) is 0 Å². The van der Waals surface area contributed by atoms with Crippen LogP contribution in [0.15, 0.2) is 62.7 Å². The number of benzene rings is 2. The van der Waals surface area contributed by atoms with Crippen LogP contribution in [-0.4, -0.2) is 89.4 Å². The molecule has 0 radical (unpaired) electrons. The molecule has 0 saturated carbocycles. The number of nitrogens with zero attached hydrogens (tertiary/aromatic N) is 4. The molecular formula is C24H32N4O5S2. The van der Waals surface area contributed by atoms with Gasteiger partial charge in [-0.3, -0.25) is 4.90 Å². The molecule has 0 spiro atoms. The minimum absolute atomic E-state index is 0.0444. The third-order valence-electron chi connectivity index (χ3n) is 6.20. The second-order valence-electron chi connectivity index (χ2n) is 8.94. The Morgan fingerprint density at radius 3 is 2.00 bits per heavy atom. The predicted molar refractivity (Wildman–Crippen MR) is 134 cm³/mol. The van der Waals surface area contributed by atoms with Crippen LogP contribution >= 0.6 is 0 Å². The molecule has 9 nitrogen and oxygen atoms in total. The molecule has 2 saturated heterocycles. The van der Waals surface area contributed by atoms with E-state index in [4.69, 9.17) is 4.74 Å². The fraction of sp³-hybridized carbons (Fsp3) is 0.458. The minimum Gasteiger partial charge on any atom is -0.379 e. The Morgan fingerprint density at radius 2 is 1.40 bits per heavy atom. The van der Waals surface area contributed by atoms with Crippen LogP contribution in [-0.2, 0) is 24.8 Å². The Labute approximate surface area is 208 Å². The Hall–Kier alpha value is -2.31. The number of hydrogen-bond acceptors (Lipinski definition) is 6. The van der Waals surface area contributed by atoms with Crippen molar-refractivity contribution in [2.45, 2.75) is 30.1 Å². The average molecular weight is 521 g/mol. The smallest absolute Gasteiger partial charge is 0.283 e. The van der Waals surface area contributed by atoms with E-state index in [0.29, 0.717) is 58.2 Å². The van der Waals surface area contributed by atoms with Gasteiger partial charge in [-0.2, -0.15) is 12.7 Å². The molecule has 0 bridgehead atoms. The van der Waals surface area contributed by atoms with Crippen LogP contribution in [0.4, 0.5) is 0 Å². The van der Waals surface area contributed by atoms with E-state index in [-0.39, 0.29) is 16.5 Å². The summed E-state index contributed by atoms with van der Waals surface area (Å²) in [5.74, 6) is 0.344. The third kappa shape index (κ3) is 6.28. The topological polar surface area (TPSA) is 99.6 Å². The molecule has 2 aliphatic heterocycles. The molecule has 0 unspecified atom stereocenters. The Morgan fingerprint density at radius 1 is 0.829 bits per heavy atom. The van der Waals surface area contributed by atoms with Gasteiger partial charge in [-0.1, -0.05) is 35.4 Å². The highest BCUT2D eigenvalue weighted by Gasteiger charge is 2.32. The molecule has 2 heterocycles. The molecular weight excluding hydrogens is 488 g/mol. The first-order chi connectivity index (χ1) is 16.6. The van der Waals surface area contributed by atoms with E-state index in [0.717, 1.165) is 11.1 Å². The van der Waals surface area contributed by atoms with Crippen LogP contribution in [0.1, 0.15) is 17.5 Å². The number of rotatable bonds is 6. The van der Waals surface area contributed by atoms with Crippen LogP contribution < -0.4 is 0 Å². The average Bonchev–Trinajstić information content (AvgIpc) is 2.85. The van der Waals surface area contributed by atoms with Gasteiger partial charge in [0.15, 0.2) is 0 Å². The maximum Gasteiger partial charge on any atom is 0.283 e. The Kier molecular flexibility index (Phi) is 7.92. The normalized spacial score (nSPS) is 19.1. The first kappa shape index (κ1) is 25.8. The lowest BCUT2D eigenvalue weighted by Crippen LogP contribution is -2.53. The van der Waals surface area contributed by atoms with Gasteiger partial charge >= 0.3 is 0 Å². The van der Waals surface area contributed by atoms with Gasteiger partial charge < -0.3 is 9.64 Å². The number of sulfonamides is 2. The van der Waals surface area contributed by atoms with Gasteiger partial charge in [0, 0.05) is 26.2 Å². The zero-order valence-electron chi connectivity index (χ0n) is 20.1. The zero-order chi connectivity index (χ0) is 25.1. The number of aryl methyl sites for hydroxylation is 2. The first-order valence-corrected chi connectivity index (χ1v) is 14.6. The van der Waals surface area contributed by atoms with Gasteiger partial charge in [0.2, 0.25) is 10.0 Å². The zero-order valence-corrected chi connectivity index (χ0v) is 21.8. The fourth-order valence-electron chi connectivity index (χ4n) is 4.08. The van der Waals surface area contributed by atoms with E-state index in [1.165, 1.54) is 4.31 Å². The van der Waals surface area contributed by atoms with Gasteiger partial charge in [-0.15, -0.1) is 4.40 Å². The molecule has 35 heavy (non-hydrogen) atoms. The molecule has 2 aromatic carbocycles. The second-order valence-corrected chi connectivity index (χ2v) is 12.5. The van der Waals surface area contributed by atoms with E-state index in [1.807, 2.05) is 13.8 Å². The Bertz CT molecular complexity index is 1250. The summed E-state index contributed by atoms with van der Waals surface area (Å²) in [7, 11) is -7.69. The van der Waals surface area contributed by atoms with E-state index in [9.17, 15) is 16.8 Å². The number of hydrogen-bond donors (Lipinski definition) is 0. The summed E-state index contributed by atoms with van der Waals surface area (Å²) in [6.45, 7) is 7.45. The van der Waals surface area contributed by atoms with Crippen LogP contribution in [0, 0.1) is 13.8 Å². The van der Waals surface area contributed by atoms with E-state index in [1.54, 1.807) is 53.4 Å². The maximum absolute atomic E-state index is 13.3. The number of morpholine rings is 1. The summed E-state index contributed by atoms with van der Waals surface area (Å²) in [6, 6.07) is 13.3. The van der Waals surface area contributed by atoms with Crippen molar-refractivity contribution in [3.05, 3.63) is 59.7 Å². The van der Waals surface area contributed by atoms with Crippen molar-refractivity contribution in [2.24, 2.45) is 4.40 Å². The summed E-state index contributed by atoms with van der Waals surface area (Å²) in [5, 5.41) is 0. The lowest BCUT2D eigenvalue weighted by molar-refractivity contribution is 0.0436. The highest BCUT2D eigenvalue weighted by Crippen LogP contribution is 2.21. The van der Waals surface area contributed by atoms with Gasteiger partial charge in [-0.25, -0.2) is 8.42 Å². The molecule has 11 heteroatoms. The van der Waals surface area contributed by atoms with Gasteiger partial charge in [0.25, 0.3) is 10.0 Å². The van der Waals surface area contributed by atoms with Gasteiger partial charge in [0.1, 0.15) is 5.84 Å². The molecule has 0 aliphatic carbocycles. The lowest BCUT2D eigenvalue weighted by Gasteiger charge is -2.38. The van der Waals surface area contributed by atoms with E-state index < -0.39 is 20.0 Å². The van der Waals surface area contributed by atoms with Crippen molar-refractivity contribution in [2.75, 3.05) is 52.6 Å². The summed E-state index contributed by atoms with van der Waals surface area (Å²) in [5.41, 5.74) is 1.93. The van der Waals surface area contributed by atoms with Crippen LogP contribution in [0.25, 0.3) is 0 Å². The number of ether oxygens (including phenoxy) is 1. The molecule has 0 amide bonds. The molecule has 2 aliphatic rings. The lowest BCUT2D eigenvalue weighted by atomic mass is 10.2. The van der Waals surface area contributed by atoms with E-state index in [2.05, 4.69) is 9.30 Å². The van der Waals surface area contributed by atoms with Crippen molar-refractivity contribution in [1.29, 1.82) is 0 Å². The summed E-state index contributed by atoms with van der Waals surface area (Å²) >= 11 is 0. The van der Waals surface area contributed by atoms with Crippen molar-refractivity contribution < 1.29 is 21.6 Å². The van der Waals surface area contributed by atoms with Crippen LogP contribution in [0.2, 0.25) is 0 Å². The van der Waals surface area contributed by atoms with Crippen molar-refractivity contribution in [1.82, 2.24) is 14.1 Å². The van der Waals surface area contributed by atoms with Crippen molar-refractivity contribution >= 4 is 25.9 Å². The van der Waals surface area contributed by atoms with Crippen LogP contribution in [0.5, 0.6) is 0 Å².